The van der Waals surface area contributed by atoms with E-state index in [1.54, 1.807) is 31.2 Å². The van der Waals surface area contributed by atoms with E-state index in [-0.39, 0.29) is 17.5 Å². The molecule has 0 spiro atoms. The second-order valence-electron chi connectivity index (χ2n) is 4.30. The van der Waals surface area contributed by atoms with Crippen molar-refractivity contribution in [1.82, 2.24) is 0 Å². The maximum atomic E-state index is 13.2. The van der Waals surface area contributed by atoms with Gasteiger partial charge < -0.3 is 10.5 Å². The summed E-state index contributed by atoms with van der Waals surface area (Å²) in [5.41, 5.74) is 6.19. The van der Waals surface area contributed by atoms with Crippen molar-refractivity contribution in [2.45, 2.75) is 13.0 Å². The van der Waals surface area contributed by atoms with Crippen LogP contribution < -0.4 is 10.5 Å². The van der Waals surface area contributed by atoms with E-state index >= 15 is 0 Å². The van der Waals surface area contributed by atoms with E-state index in [1.807, 2.05) is 0 Å². The Morgan fingerprint density at radius 3 is 2.60 bits per heavy atom. The van der Waals surface area contributed by atoms with Crippen LogP contribution in [-0.2, 0) is 0 Å². The summed E-state index contributed by atoms with van der Waals surface area (Å²) in [7, 11) is 0. The van der Waals surface area contributed by atoms with E-state index in [0.717, 1.165) is 18.2 Å². The van der Waals surface area contributed by atoms with E-state index in [1.165, 1.54) is 0 Å². The average Bonchev–Trinajstić information content (AvgIpc) is 2.38. The van der Waals surface area contributed by atoms with Gasteiger partial charge in [0.05, 0.1) is 4.92 Å². The predicted molar refractivity (Wildman–Crippen MR) is 72.2 cm³/mol. The lowest BCUT2D eigenvalue weighted by atomic mass is 10.1. The molecule has 5 nitrogen and oxygen atoms in total. The molecule has 0 aliphatic carbocycles. The number of hydrogen-bond acceptors (Lipinski definition) is 4. The molecule has 1 atom stereocenters. The first-order valence-electron chi connectivity index (χ1n) is 5.95. The number of nitro benzene ring substituents is 1. The van der Waals surface area contributed by atoms with Crippen molar-refractivity contribution < 1.29 is 14.1 Å². The van der Waals surface area contributed by atoms with Crippen LogP contribution in [0.3, 0.4) is 0 Å². The van der Waals surface area contributed by atoms with Crippen LogP contribution in [-0.4, -0.2) is 4.92 Å². The number of rotatable bonds is 4. The Kier molecular flexibility index (Phi) is 3.95. The summed E-state index contributed by atoms with van der Waals surface area (Å²) in [6.07, 6.45) is 0. The van der Waals surface area contributed by atoms with Crippen LogP contribution in [0.5, 0.6) is 11.5 Å². The Bertz CT molecular complexity index is 644. The normalized spacial score (nSPS) is 11.9. The lowest BCUT2D eigenvalue weighted by molar-refractivity contribution is -0.385. The fourth-order valence-corrected chi connectivity index (χ4v) is 1.79. The molecule has 0 bridgehead atoms. The summed E-state index contributed by atoms with van der Waals surface area (Å²) in [6.45, 7) is 1.77. The van der Waals surface area contributed by atoms with Gasteiger partial charge in [0.1, 0.15) is 11.6 Å². The van der Waals surface area contributed by atoms with Gasteiger partial charge in [0.25, 0.3) is 0 Å². The summed E-state index contributed by atoms with van der Waals surface area (Å²) in [4.78, 5) is 10.3. The molecule has 0 unspecified atom stereocenters. The van der Waals surface area contributed by atoms with Crippen LogP contribution >= 0.6 is 0 Å². The smallest absolute Gasteiger partial charge is 0.311 e. The van der Waals surface area contributed by atoms with Gasteiger partial charge in [-0.05, 0) is 19.1 Å². The number of nitro groups is 1. The molecule has 2 aromatic carbocycles. The maximum absolute atomic E-state index is 13.2. The van der Waals surface area contributed by atoms with Gasteiger partial charge in [0.15, 0.2) is 0 Å². The fraction of sp³-hybridized carbons (Fsp3) is 0.143. The van der Waals surface area contributed by atoms with Gasteiger partial charge in [-0.15, -0.1) is 0 Å². The van der Waals surface area contributed by atoms with E-state index in [2.05, 4.69) is 0 Å². The van der Waals surface area contributed by atoms with Crippen LogP contribution in [0.1, 0.15) is 18.5 Å². The highest BCUT2D eigenvalue weighted by molar-refractivity contribution is 5.50. The number of hydrogen-bond donors (Lipinski definition) is 1. The number of nitrogens with two attached hydrogens (primary N) is 1. The van der Waals surface area contributed by atoms with Gasteiger partial charge in [-0.1, -0.05) is 18.2 Å². The lowest BCUT2D eigenvalue weighted by Crippen LogP contribution is -2.06. The molecule has 0 saturated carbocycles. The van der Waals surface area contributed by atoms with Gasteiger partial charge in [0.2, 0.25) is 5.75 Å². The van der Waals surface area contributed by atoms with Crippen molar-refractivity contribution in [3.8, 4) is 11.5 Å². The number of benzene rings is 2. The molecule has 6 heteroatoms. The molecular weight excluding hydrogens is 263 g/mol. The molecule has 0 heterocycles. The lowest BCUT2D eigenvalue weighted by Gasteiger charge is -2.13. The molecule has 0 saturated heterocycles. The van der Waals surface area contributed by atoms with Gasteiger partial charge in [-0.25, -0.2) is 4.39 Å². The molecule has 0 aliphatic rings. The summed E-state index contributed by atoms with van der Waals surface area (Å²) in [5.74, 6) is -0.386. The summed E-state index contributed by atoms with van der Waals surface area (Å²) in [6, 6.07) is 9.65. The SMILES string of the molecule is C[C@H](N)c1ccccc1Oc1cc(F)ccc1[N+](=O)[O-]. The van der Waals surface area contributed by atoms with E-state index in [0.29, 0.717) is 11.3 Å². The molecule has 104 valence electrons. The first-order valence-corrected chi connectivity index (χ1v) is 5.95. The number of ether oxygens (including phenoxy) is 1. The van der Waals surface area contributed by atoms with Gasteiger partial charge >= 0.3 is 5.69 Å². The van der Waals surface area contributed by atoms with Crippen molar-refractivity contribution in [1.29, 1.82) is 0 Å². The average molecular weight is 276 g/mol. The van der Waals surface area contributed by atoms with Crippen LogP contribution in [0.15, 0.2) is 42.5 Å². The highest BCUT2D eigenvalue weighted by Crippen LogP contribution is 2.34. The first kappa shape index (κ1) is 14.0. The highest BCUT2D eigenvalue weighted by Gasteiger charge is 2.18. The number of nitrogens with zero attached hydrogens (tertiary/aromatic N) is 1. The third-order valence-corrected chi connectivity index (χ3v) is 2.75. The minimum atomic E-state index is -0.622. The molecule has 2 aromatic rings. The molecule has 0 radical (unpaired) electrons. The predicted octanol–water partition coefficient (Wildman–Crippen LogP) is 3.55. The van der Waals surface area contributed by atoms with Crippen molar-refractivity contribution in [2.75, 3.05) is 0 Å². The number of para-hydroxylation sites is 1. The molecule has 0 fully saturated rings. The standard InChI is InChI=1S/C14H13FN2O3/c1-9(16)11-4-2-3-5-13(11)20-14-8-10(15)6-7-12(14)17(18)19/h2-9H,16H2,1H3/t9-/m0/s1. The third kappa shape index (κ3) is 2.92. The summed E-state index contributed by atoms with van der Waals surface area (Å²) >= 11 is 0. The Labute approximate surface area is 114 Å². The molecule has 0 aliphatic heterocycles. The zero-order valence-corrected chi connectivity index (χ0v) is 10.7. The topological polar surface area (TPSA) is 78.4 Å². The summed E-state index contributed by atoms with van der Waals surface area (Å²) < 4.78 is 18.7. The Balaban J connectivity index is 2.45. The largest absolute Gasteiger partial charge is 0.450 e. The Morgan fingerprint density at radius 2 is 1.95 bits per heavy atom. The zero-order chi connectivity index (χ0) is 14.7. The monoisotopic (exact) mass is 276 g/mol. The minimum absolute atomic E-state index is 0.150. The minimum Gasteiger partial charge on any atom is -0.450 e. The zero-order valence-electron chi connectivity index (χ0n) is 10.7. The fourth-order valence-electron chi connectivity index (χ4n) is 1.79. The van der Waals surface area contributed by atoms with Gasteiger partial charge in [-0.2, -0.15) is 0 Å². The molecule has 0 aromatic heterocycles. The second kappa shape index (κ2) is 5.66. The van der Waals surface area contributed by atoms with Crippen LogP contribution in [0.25, 0.3) is 0 Å². The molecule has 2 rings (SSSR count). The third-order valence-electron chi connectivity index (χ3n) is 2.75. The second-order valence-corrected chi connectivity index (χ2v) is 4.30. The van der Waals surface area contributed by atoms with Gasteiger partial charge in [0, 0.05) is 23.7 Å². The van der Waals surface area contributed by atoms with E-state index < -0.39 is 10.7 Å². The maximum Gasteiger partial charge on any atom is 0.311 e. The Hall–Kier alpha value is -2.47. The Morgan fingerprint density at radius 1 is 1.25 bits per heavy atom. The van der Waals surface area contributed by atoms with E-state index in [9.17, 15) is 14.5 Å². The molecular formula is C14H13FN2O3. The van der Waals surface area contributed by atoms with Crippen LogP contribution in [0, 0.1) is 15.9 Å². The summed E-state index contributed by atoms with van der Waals surface area (Å²) in [5, 5.41) is 10.9. The first-order chi connectivity index (χ1) is 9.49. The van der Waals surface area contributed by atoms with Crippen molar-refractivity contribution in [3.63, 3.8) is 0 Å². The van der Waals surface area contributed by atoms with Gasteiger partial charge in [-0.3, -0.25) is 10.1 Å². The molecule has 20 heavy (non-hydrogen) atoms. The molecule has 2 N–H and O–H groups in total. The molecule has 0 amide bonds. The van der Waals surface area contributed by atoms with Crippen molar-refractivity contribution in [3.05, 3.63) is 64.0 Å². The van der Waals surface area contributed by atoms with Crippen molar-refractivity contribution >= 4 is 5.69 Å². The van der Waals surface area contributed by atoms with Crippen molar-refractivity contribution in [2.24, 2.45) is 5.73 Å². The van der Waals surface area contributed by atoms with E-state index in [4.69, 9.17) is 10.5 Å². The quantitative estimate of drug-likeness (QED) is 0.684. The highest BCUT2D eigenvalue weighted by atomic mass is 19.1. The van der Waals surface area contributed by atoms with Crippen LogP contribution in [0.4, 0.5) is 10.1 Å². The number of halogens is 1. The van der Waals surface area contributed by atoms with Crippen LogP contribution in [0.2, 0.25) is 0 Å².